The summed E-state index contributed by atoms with van der Waals surface area (Å²) < 4.78 is 10.9. The third-order valence-corrected chi connectivity index (χ3v) is 5.75. The molecule has 1 saturated heterocycles. The highest BCUT2D eigenvalue weighted by Crippen LogP contribution is 2.36. The zero-order valence-corrected chi connectivity index (χ0v) is 20.5. The predicted octanol–water partition coefficient (Wildman–Crippen LogP) is 3.95. The van der Waals surface area contributed by atoms with Gasteiger partial charge in [0.05, 0.1) is 48.1 Å². The summed E-state index contributed by atoms with van der Waals surface area (Å²) in [5.41, 5.74) is 2.42. The zero-order valence-electron chi connectivity index (χ0n) is 20.5. The fraction of sp³-hybridized carbons (Fsp3) is 0.560. The van der Waals surface area contributed by atoms with E-state index in [4.69, 9.17) is 9.47 Å². The van der Waals surface area contributed by atoms with Crippen molar-refractivity contribution in [2.24, 2.45) is 0 Å². The Kier molecular flexibility index (Phi) is 8.68. The second-order valence-corrected chi connectivity index (χ2v) is 9.37. The van der Waals surface area contributed by atoms with Crippen LogP contribution in [-0.4, -0.2) is 64.2 Å². The molecule has 0 saturated carbocycles. The number of rotatable bonds is 11. The van der Waals surface area contributed by atoms with E-state index in [0.717, 1.165) is 29.8 Å². The fourth-order valence-corrected chi connectivity index (χ4v) is 4.16. The van der Waals surface area contributed by atoms with Crippen molar-refractivity contribution in [2.75, 3.05) is 36.6 Å². The average Bonchev–Trinajstić information content (AvgIpc) is 2.79. The minimum atomic E-state index is -0.910. The Morgan fingerprint density at radius 2 is 1.97 bits per heavy atom. The first-order valence-corrected chi connectivity index (χ1v) is 11.8. The van der Waals surface area contributed by atoms with Crippen LogP contribution in [0.4, 0.5) is 17.1 Å². The SMILES string of the molecule is CCOc1ncc(Nc2cc(C(C)CC(=O)O)ccc2N(CC(C)(C)O)C2CCOCC2)cn1. The van der Waals surface area contributed by atoms with E-state index in [1.807, 2.05) is 32.0 Å². The molecule has 3 N–H and O–H groups in total. The van der Waals surface area contributed by atoms with Crippen LogP contribution in [-0.2, 0) is 9.53 Å². The molecule has 2 heterocycles. The summed E-state index contributed by atoms with van der Waals surface area (Å²) in [5.74, 6) is -0.994. The number of aromatic nitrogens is 2. The van der Waals surface area contributed by atoms with Crippen LogP contribution in [0.15, 0.2) is 30.6 Å². The molecule has 1 fully saturated rings. The van der Waals surface area contributed by atoms with E-state index in [1.165, 1.54) is 0 Å². The molecule has 0 bridgehead atoms. The molecule has 0 spiro atoms. The third-order valence-electron chi connectivity index (χ3n) is 5.75. The first-order chi connectivity index (χ1) is 16.2. The Bertz CT molecular complexity index is 939. The lowest BCUT2D eigenvalue weighted by Crippen LogP contribution is -2.47. The topological polar surface area (TPSA) is 117 Å². The summed E-state index contributed by atoms with van der Waals surface area (Å²) in [6.07, 6.45) is 5.07. The van der Waals surface area contributed by atoms with Gasteiger partial charge in [-0.2, -0.15) is 0 Å². The molecule has 9 nitrogen and oxygen atoms in total. The van der Waals surface area contributed by atoms with Crippen molar-refractivity contribution in [3.8, 4) is 6.01 Å². The van der Waals surface area contributed by atoms with Gasteiger partial charge in [0, 0.05) is 25.8 Å². The van der Waals surface area contributed by atoms with E-state index in [0.29, 0.717) is 38.1 Å². The van der Waals surface area contributed by atoms with Gasteiger partial charge in [-0.15, -0.1) is 0 Å². The second-order valence-electron chi connectivity index (χ2n) is 9.37. The van der Waals surface area contributed by atoms with Gasteiger partial charge < -0.3 is 29.9 Å². The lowest BCUT2D eigenvalue weighted by atomic mass is 9.95. The van der Waals surface area contributed by atoms with E-state index in [2.05, 4.69) is 20.2 Å². The number of benzene rings is 1. The number of ether oxygens (including phenoxy) is 2. The maximum absolute atomic E-state index is 11.3. The number of hydrogen-bond acceptors (Lipinski definition) is 8. The average molecular weight is 473 g/mol. The fourth-order valence-electron chi connectivity index (χ4n) is 4.16. The molecule has 34 heavy (non-hydrogen) atoms. The summed E-state index contributed by atoms with van der Waals surface area (Å²) in [7, 11) is 0. The molecule has 1 aromatic carbocycles. The van der Waals surface area contributed by atoms with Crippen LogP contribution in [0.3, 0.4) is 0 Å². The smallest absolute Gasteiger partial charge is 0.316 e. The number of carboxylic acid groups (broad SMARTS) is 1. The molecule has 1 unspecified atom stereocenters. The lowest BCUT2D eigenvalue weighted by Gasteiger charge is -2.40. The van der Waals surface area contributed by atoms with Crippen molar-refractivity contribution in [3.63, 3.8) is 0 Å². The summed E-state index contributed by atoms with van der Waals surface area (Å²) in [5, 5.41) is 23.4. The Morgan fingerprint density at radius 3 is 2.56 bits per heavy atom. The summed E-state index contributed by atoms with van der Waals surface area (Å²) in [6.45, 7) is 9.66. The van der Waals surface area contributed by atoms with Crippen LogP contribution >= 0.6 is 0 Å². The highest BCUT2D eigenvalue weighted by Gasteiger charge is 2.29. The van der Waals surface area contributed by atoms with Crippen LogP contribution in [0.25, 0.3) is 0 Å². The molecule has 186 valence electrons. The molecular weight excluding hydrogens is 436 g/mol. The highest BCUT2D eigenvalue weighted by atomic mass is 16.5. The van der Waals surface area contributed by atoms with Crippen molar-refractivity contribution in [3.05, 3.63) is 36.2 Å². The molecule has 3 rings (SSSR count). The second kappa shape index (κ2) is 11.5. The quantitative estimate of drug-likeness (QED) is 0.447. The zero-order chi connectivity index (χ0) is 24.7. The Morgan fingerprint density at radius 1 is 1.29 bits per heavy atom. The highest BCUT2D eigenvalue weighted by molar-refractivity contribution is 5.77. The number of aliphatic hydroxyl groups is 1. The van der Waals surface area contributed by atoms with Gasteiger partial charge in [0.25, 0.3) is 0 Å². The minimum absolute atomic E-state index is 0.0400. The Hall–Kier alpha value is -2.91. The lowest BCUT2D eigenvalue weighted by molar-refractivity contribution is -0.137. The summed E-state index contributed by atoms with van der Waals surface area (Å²) in [4.78, 5) is 22.0. The predicted molar refractivity (Wildman–Crippen MR) is 131 cm³/mol. The first kappa shape index (κ1) is 25.7. The van der Waals surface area contributed by atoms with Crippen molar-refractivity contribution < 1.29 is 24.5 Å². The van der Waals surface area contributed by atoms with Gasteiger partial charge in [-0.25, -0.2) is 9.97 Å². The van der Waals surface area contributed by atoms with E-state index in [9.17, 15) is 15.0 Å². The number of nitrogens with zero attached hydrogens (tertiary/aromatic N) is 3. The number of aliphatic carboxylic acids is 1. The Balaban J connectivity index is 2.01. The number of anilines is 3. The van der Waals surface area contributed by atoms with Crippen LogP contribution in [0, 0.1) is 0 Å². The molecule has 1 aromatic heterocycles. The standard InChI is InChI=1S/C25H36N4O5/c1-5-34-24-26-14-19(15-27-24)28-21-13-18(17(2)12-23(30)31)6-7-22(21)29(16-25(3,4)32)20-8-10-33-11-9-20/h6-7,13-15,17,20,28,32H,5,8-12,16H2,1-4H3,(H,30,31). The molecule has 0 amide bonds. The molecule has 1 aliphatic heterocycles. The van der Waals surface area contributed by atoms with Crippen LogP contribution in [0.2, 0.25) is 0 Å². The van der Waals surface area contributed by atoms with Crippen molar-refractivity contribution >= 4 is 23.0 Å². The molecule has 9 heteroatoms. The number of nitrogens with one attached hydrogen (secondary N) is 1. The van der Waals surface area contributed by atoms with Gasteiger partial charge in [0.2, 0.25) is 0 Å². The van der Waals surface area contributed by atoms with Crippen molar-refractivity contribution in [1.29, 1.82) is 0 Å². The van der Waals surface area contributed by atoms with Gasteiger partial charge in [0.1, 0.15) is 0 Å². The maximum atomic E-state index is 11.3. The largest absolute Gasteiger partial charge is 0.481 e. The minimum Gasteiger partial charge on any atom is -0.481 e. The maximum Gasteiger partial charge on any atom is 0.316 e. The molecule has 1 atom stereocenters. The number of carbonyl (C=O) groups is 1. The Labute approximate surface area is 201 Å². The van der Waals surface area contributed by atoms with Gasteiger partial charge in [-0.1, -0.05) is 13.0 Å². The normalized spacial score (nSPS) is 15.6. The van der Waals surface area contributed by atoms with Crippen LogP contribution in [0.1, 0.15) is 58.4 Å². The summed E-state index contributed by atoms with van der Waals surface area (Å²) >= 11 is 0. The van der Waals surface area contributed by atoms with Gasteiger partial charge >= 0.3 is 12.0 Å². The molecule has 0 aliphatic carbocycles. The molecule has 1 aliphatic rings. The summed E-state index contributed by atoms with van der Waals surface area (Å²) in [6, 6.07) is 6.48. The molecule has 2 aromatic rings. The van der Waals surface area contributed by atoms with E-state index in [1.54, 1.807) is 26.2 Å². The van der Waals surface area contributed by atoms with E-state index < -0.39 is 11.6 Å². The van der Waals surface area contributed by atoms with Crippen molar-refractivity contribution in [1.82, 2.24) is 9.97 Å². The number of carboxylic acids is 1. The third kappa shape index (κ3) is 7.30. The first-order valence-electron chi connectivity index (χ1n) is 11.8. The van der Waals surface area contributed by atoms with Gasteiger partial charge in [-0.05, 0) is 57.2 Å². The van der Waals surface area contributed by atoms with E-state index >= 15 is 0 Å². The molecule has 0 radical (unpaired) electrons. The van der Waals surface area contributed by atoms with E-state index in [-0.39, 0.29) is 18.4 Å². The number of hydrogen-bond donors (Lipinski definition) is 3. The van der Waals surface area contributed by atoms with Crippen LogP contribution in [0.5, 0.6) is 6.01 Å². The van der Waals surface area contributed by atoms with Crippen LogP contribution < -0.4 is 15.0 Å². The van der Waals surface area contributed by atoms with Gasteiger partial charge in [0.15, 0.2) is 0 Å². The van der Waals surface area contributed by atoms with Crippen molar-refractivity contribution in [2.45, 2.75) is 64.5 Å². The molecular formula is C25H36N4O5. The monoisotopic (exact) mass is 472 g/mol. The van der Waals surface area contributed by atoms with Gasteiger partial charge in [-0.3, -0.25) is 4.79 Å².